The first-order valence-corrected chi connectivity index (χ1v) is 9.71. The molecule has 7 heteroatoms. The van der Waals surface area contributed by atoms with Gasteiger partial charge in [0.05, 0.1) is 0 Å². The van der Waals surface area contributed by atoms with Crippen LogP contribution >= 0.6 is 35.6 Å². The molecule has 0 aromatic heterocycles. The third kappa shape index (κ3) is 8.62. The van der Waals surface area contributed by atoms with E-state index in [1.165, 1.54) is 5.56 Å². The highest BCUT2D eigenvalue weighted by atomic mass is 127. The lowest BCUT2D eigenvalue weighted by Gasteiger charge is -2.26. The third-order valence-electron chi connectivity index (χ3n) is 4.41. The summed E-state index contributed by atoms with van der Waals surface area (Å²) in [6.07, 6.45) is 0.908. The molecule has 2 aromatic rings. The molecule has 5 nitrogen and oxygen atoms in total. The van der Waals surface area contributed by atoms with E-state index in [1.54, 1.807) is 20.2 Å². The largest absolute Gasteiger partial charge is 0.356 e. The summed E-state index contributed by atoms with van der Waals surface area (Å²) in [7, 11) is 3.38. The highest BCUT2D eigenvalue weighted by molar-refractivity contribution is 14.0. The number of nitrogens with one attached hydrogen (secondary N) is 3. The van der Waals surface area contributed by atoms with Gasteiger partial charge in [0.25, 0.3) is 5.91 Å². The SMILES string of the molecule is CN=C(NCc1cccc(C(=O)NC)c1)NCC(C)(C)Cc1cccc(Cl)c1.I. The molecule has 0 aliphatic rings. The van der Waals surface area contributed by atoms with Gasteiger partial charge in [-0.1, -0.05) is 49.7 Å². The zero-order chi connectivity index (χ0) is 20.6. The number of carbonyl (C=O) groups excluding carboxylic acids is 1. The van der Waals surface area contributed by atoms with Crippen LogP contribution in [0.4, 0.5) is 0 Å². The summed E-state index contributed by atoms with van der Waals surface area (Å²) in [5, 5.41) is 10.1. The molecule has 0 aliphatic carbocycles. The number of nitrogens with zero attached hydrogens (tertiary/aromatic N) is 1. The average Bonchev–Trinajstić information content (AvgIpc) is 2.67. The number of hydrogen-bond acceptors (Lipinski definition) is 2. The molecule has 1 amide bonds. The van der Waals surface area contributed by atoms with Crippen molar-refractivity contribution in [1.29, 1.82) is 0 Å². The van der Waals surface area contributed by atoms with Gasteiger partial charge in [0.2, 0.25) is 0 Å². The molecule has 2 aromatic carbocycles. The van der Waals surface area contributed by atoms with Crippen molar-refractivity contribution in [2.45, 2.75) is 26.8 Å². The number of aliphatic imine (C=N–C) groups is 1. The molecule has 29 heavy (non-hydrogen) atoms. The van der Waals surface area contributed by atoms with Crippen LogP contribution in [0.3, 0.4) is 0 Å². The van der Waals surface area contributed by atoms with E-state index in [4.69, 9.17) is 11.6 Å². The Morgan fingerprint density at radius 2 is 1.76 bits per heavy atom. The summed E-state index contributed by atoms with van der Waals surface area (Å²) >= 11 is 6.09. The number of rotatable bonds is 7. The van der Waals surface area contributed by atoms with Crippen LogP contribution in [-0.2, 0) is 13.0 Å². The highest BCUT2D eigenvalue weighted by Crippen LogP contribution is 2.22. The van der Waals surface area contributed by atoms with E-state index in [9.17, 15) is 4.79 Å². The standard InChI is InChI=1S/C22H29ClN4O.HI/c1-22(2,13-16-7-6-10-19(23)12-16)15-27-21(25-4)26-14-17-8-5-9-18(11-17)20(28)24-3;/h5-12H,13-15H2,1-4H3,(H,24,28)(H2,25,26,27);1H. The van der Waals surface area contributed by atoms with Crippen LogP contribution in [0.1, 0.15) is 35.3 Å². The molecule has 3 N–H and O–H groups in total. The van der Waals surface area contributed by atoms with Gasteiger partial charge in [-0.05, 0) is 47.2 Å². The fourth-order valence-corrected chi connectivity index (χ4v) is 3.17. The lowest BCUT2D eigenvalue weighted by molar-refractivity contribution is 0.0963. The Labute approximate surface area is 195 Å². The molecule has 0 unspecified atom stereocenters. The van der Waals surface area contributed by atoms with Gasteiger partial charge in [-0.25, -0.2) is 0 Å². The minimum absolute atomic E-state index is 0. The number of amides is 1. The van der Waals surface area contributed by atoms with Crippen LogP contribution in [0.15, 0.2) is 53.5 Å². The monoisotopic (exact) mass is 528 g/mol. The lowest BCUT2D eigenvalue weighted by Crippen LogP contribution is -2.42. The molecule has 0 saturated carbocycles. The van der Waals surface area contributed by atoms with Gasteiger partial charge in [0, 0.05) is 37.8 Å². The van der Waals surface area contributed by atoms with Crippen molar-refractivity contribution in [3.63, 3.8) is 0 Å². The van der Waals surface area contributed by atoms with Crippen LogP contribution in [-0.4, -0.2) is 32.5 Å². The summed E-state index contributed by atoms with van der Waals surface area (Å²) in [6, 6.07) is 15.5. The van der Waals surface area contributed by atoms with Gasteiger partial charge in [0.1, 0.15) is 0 Å². The van der Waals surface area contributed by atoms with Crippen LogP contribution < -0.4 is 16.0 Å². The summed E-state index contributed by atoms with van der Waals surface area (Å²) in [6.45, 7) is 5.76. The second kappa shape index (κ2) is 12.0. The van der Waals surface area contributed by atoms with Crippen molar-refractivity contribution < 1.29 is 4.79 Å². The third-order valence-corrected chi connectivity index (χ3v) is 4.64. The first-order valence-electron chi connectivity index (χ1n) is 9.33. The molecule has 0 heterocycles. The summed E-state index contributed by atoms with van der Waals surface area (Å²) in [4.78, 5) is 16.1. The highest BCUT2D eigenvalue weighted by Gasteiger charge is 2.19. The Hall–Kier alpha value is -1.80. The second-order valence-electron chi connectivity index (χ2n) is 7.53. The van der Waals surface area contributed by atoms with Crippen LogP contribution in [0, 0.1) is 5.41 Å². The molecule has 0 bridgehead atoms. The minimum Gasteiger partial charge on any atom is -0.356 e. The molecular formula is C22H30ClIN4O. The van der Waals surface area contributed by atoms with Crippen molar-refractivity contribution in [3.05, 3.63) is 70.2 Å². The van der Waals surface area contributed by atoms with Gasteiger partial charge in [0.15, 0.2) is 5.96 Å². The first kappa shape index (κ1) is 25.2. The maximum absolute atomic E-state index is 11.8. The molecule has 0 fully saturated rings. The molecule has 158 valence electrons. The molecule has 0 atom stereocenters. The van der Waals surface area contributed by atoms with Crippen molar-refractivity contribution >= 4 is 47.4 Å². The van der Waals surface area contributed by atoms with E-state index in [2.05, 4.69) is 40.9 Å². The normalized spacial score (nSPS) is 11.4. The van der Waals surface area contributed by atoms with Crippen molar-refractivity contribution in [3.8, 4) is 0 Å². The number of halogens is 2. The maximum atomic E-state index is 11.8. The van der Waals surface area contributed by atoms with Crippen molar-refractivity contribution in [2.24, 2.45) is 10.4 Å². The Bertz CT molecular complexity index is 839. The van der Waals surface area contributed by atoms with Gasteiger partial charge >= 0.3 is 0 Å². The van der Waals surface area contributed by atoms with Crippen molar-refractivity contribution in [2.75, 3.05) is 20.6 Å². The fraction of sp³-hybridized carbons (Fsp3) is 0.364. The Morgan fingerprint density at radius 3 is 2.41 bits per heavy atom. The van der Waals surface area contributed by atoms with E-state index in [1.807, 2.05) is 36.4 Å². The van der Waals surface area contributed by atoms with Gasteiger partial charge in [-0.15, -0.1) is 24.0 Å². The number of hydrogen-bond donors (Lipinski definition) is 3. The van der Waals surface area contributed by atoms with Gasteiger partial charge in [-0.2, -0.15) is 0 Å². The number of benzene rings is 2. The lowest BCUT2D eigenvalue weighted by atomic mass is 9.86. The van der Waals surface area contributed by atoms with Crippen LogP contribution in [0.25, 0.3) is 0 Å². The second-order valence-corrected chi connectivity index (χ2v) is 7.97. The number of guanidine groups is 1. The predicted octanol–water partition coefficient (Wildman–Crippen LogP) is 4.25. The Morgan fingerprint density at radius 1 is 1.07 bits per heavy atom. The van der Waals surface area contributed by atoms with Crippen LogP contribution in [0.5, 0.6) is 0 Å². The van der Waals surface area contributed by atoms with E-state index >= 15 is 0 Å². The summed E-state index contributed by atoms with van der Waals surface area (Å²) in [5.41, 5.74) is 2.91. The summed E-state index contributed by atoms with van der Waals surface area (Å²) in [5.74, 6) is 0.636. The topological polar surface area (TPSA) is 65.5 Å². The molecule has 0 aliphatic heterocycles. The smallest absolute Gasteiger partial charge is 0.251 e. The summed E-state index contributed by atoms with van der Waals surface area (Å²) < 4.78 is 0. The molecular weight excluding hydrogens is 499 g/mol. The first-order chi connectivity index (χ1) is 13.3. The van der Waals surface area contributed by atoms with Gasteiger partial charge in [-0.3, -0.25) is 9.79 Å². The predicted molar refractivity (Wildman–Crippen MR) is 132 cm³/mol. The number of carbonyl (C=O) groups is 1. The molecule has 2 rings (SSSR count). The van der Waals surface area contributed by atoms with E-state index in [-0.39, 0.29) is 35.3 Å². The maximum Gasteiger partial charge on any atom is 0.251 e. The molecule has 0 spiro atoms. The average molecular weight is 529 g/mol. The van der Waals surface area contributed by atoms with E-state index < -0.39 is 0 Å². The minimum atomic E-state index is -0.0906. The zero-order valence-corrected chi connectivity index (χ0v) is 20.5. The van der Waals surface area contributed by atoms with Crippen LogP contribution in [0.2, 0.25) is 5.02 Å². The Balaban J connectivity index is 0.00000420. The molecule has 0 saturated heterocycles. The zero-order valence-electron chi connectivity index (χ0n) is 17.4. The molecule has 0 radical (unpaired) electrons. The van der Waals surface area contributed by atoms with E-state index in [0.29, 0.717) is 12.1 Å². The fourth-order valence-electron chi connectivity index (χ4n) is 2.96. The van der Waals surface area contributed by atoms with Crippen molar-refractivity contribution in [1.82, 2.24) is 16.0 Å². The van der Waals surface area contributed by atoms with E-state index in [0.717, 1.165) is 29.5 Å². The quantitative estimate of drug-likeness (QED) is 0.286. The van der Waals surface area contributed by atoms with Gasteiger partial charge < -0.3 is 16.0 Å². The Kier molecular flexibility index (Phi) is 10.5.